The van der Waals surface area contributed by atoms with Gasteiger partial charge in [-0.05, 0) is 18.6 Å². The van der Waals surface area contributed by atoms with Crippen molar-refractivity contribution >= 4 is 11.9 Å². The molecule has 1 aromatic rings. The number of rotatable bonds is 5. The van der Waals surface area contributed by atoms with Crippen molar-refractivity contribution in [1.29, 1.82) is 0 Å². The highest BCUT2D eigenvalue weighted by Crippen LogP contribution is 2.16. The van der Waals surface area contributed by atoms with E-state index in [2.05, 4.69) is 0 Å². The van der Waals surface area contributed by atoms with Gasteiger partial charge in [0, 0.05) is 6.61 Å². The Balaban J connectivity index is 3.21. The first-order valence-electron chi connectivity index (χ1n) is 4.74. The van der Waals surface area contributed by atoms with E-state index in [4.69, 9.17) is 14.9 Å². The first kappa shape index (κ1) is 12.2. The van der Waals surface area contributed by atoms with Crippen LogP contribution < -0.4 is 0 Å². The number of ether oxygens (including phenoxy) is 1. The van der Waals surface area contributed by atoms with Gasteiger partial charge in [-0.3, -0.25) is 0 Å². The predicted molar refractivity (Wildman–Crippen MR) is 55.7 cm³/mol. The van der Waals surface area contributed by atoms with E-state index in [1.807, 2.05) is 0 Å². The summed E-state index contributed by atoms with van der Waals surface area (Å²) >= 11 is 0. The second-order valence-electron chi connectivity index (χ2n) is 3.09. The summed E-state index contributed by atoms with van der Waals surface area (Å²) in [6.45, 7) is 2.32. The van der Waals surface area contributed by atoms with Gasteiger partial charge in [0.1, 0.15) is 0 Å². The van der Waals surface area contributed by atoms with Gasteiger partial charge in [0.15, 0.2) is 0 Å². The van der Waals surface area contributed by atoms with E-state index in [-0.39, 0.29) is 17.7 Å². The van der Waals surface area contributed by atoms with Gasteiger partial charge in [0.05, 0.1) is 17.7 Å². The second kappa shape index (κ2) is 5.27. The molecule has 86 valence electrons. The number of carbonyl (C=O) groups is 2. The average Bonchev–Trinajstić information content (AvgIpc) is 2.25. The number of carboxylic acid groups (broad SMARTS) is 2. The molecular weight excluding hydrogens is 212 g/mol. The average molecular weight is 224 g/mol. The predicted octanol–water partition coefficient (Wildman–Crippen LogP) is 1.62. The minimum Gasteiger partial charge on any atom is -0.478 e. The Morgan fingerprint density at radius 1 is 1.25 bits per heavy atom. The van der Waals surface area contributed by atoms with Crippen LogP contribution in [0.2, 0.25) is 0 Å². The van der Waals surface area contributed by atoms with Gasteiger partial charge in [0.2, 0.25) is 0 Å². The number of aromatic carboxylic acids is 2. The lowest BCUT2D eigenvalue weighted by atomic mass is 10.0. The van der Waals surface area contributed by atoms with E-state index in [0.717, 1.165) is 0 Å². The van der Waals surface area contributed by atoms with Crippen LogP contribution in [0.4, 0.5) is 0 Å². The summed E-state index contributed by atoms with van der Waals surface area (Å²) in [4.78, 5) is 21.8. The lowest BCUT2D eigenvalue weighted by molar-refractivity contribution is 0.0645. The zero-order valence-corrected chi connectivity index (χ0v) is 8.77. The van der Waals surface area contributed by atoms with Crippen molar-refractivity contribution in [2.24, 2.45) is 0 Å². The zero-order chi connectivity index (χ0) is 12.1. The van der Waals surface area contributed by atoms with Crippen LogP contribution in [0.5, 0.6) is 0 Å². The molecule has 0 fully saturated rings. The molecule has 0 spiro atoms. The van der Waals surface area contributed by atoms with Crippen LogP contribution in [0.1, 0.15) is 33.2 Å². The van der Waals surface area contributed by atoms with E-state index in [9.17, 15) is 9.59 Å². The van der Waals surface area contributed by atoms with Crippen LogP contribution in [0.15, 0.2) is 18.2 Å². The largest absolute Gasteiger partial charge is 0.478 e. The molecule has 0 aromatic heterocycles. The van der Waals surface area contributed by atoms with Gasteiger partial charge in [-0.2, -0.15) is 0 Å². The molecule has 0 saturated heterocycles. The maximum atomic E-state index is 11.0. The fourth-order valence-electron chi connectivity index (χ4n) is 1.36. The van der Waals surface area contributed by atoms with Crippen molar-refractivity contribution in [1.82, 2.24) is 0 Å². The van der Waals surface area contributed by atoms with Crippen molar-refractivity contribution in [2.75, 3.05) is 6.61 Å². The fraction of sp³-hybridized carbons (Fsp3) is 0.273. The highest BCUT2D eigenvalue weighted by molar-refractivity contribution is 6.02. The van der Waals surface area contributed by atoms with Gasteiger partial charge >= 0.3 is 11.9 Å². The molecular formula is C11H12O5. The molecule has 0 radical (unpaired) electrons. The molecule has 5 nitrogen and oxygen atoms in total. The number of carboxylic acids is 2. The molecule has 0 amide bonds. The molecule has 0 bridgehead atoms. The quantitative estimate of drug-likeness (QED) is 0.793. The van der Waals surface area contributed by atoms with Crippen LogP contribution in [0.3, 0.4) is 0 Å². The summed E-state index contributed by atoms with van der Waals surface area (Å²) in [5.74, 6) is -2.51. The second-order valence-corrected chi connectivity index (χ2v) is 3.09. The molecule has 0 aliphatic carbocycles. The van der Waals surface area contributed by atoms with Crippen LogP contribution in [-0.2, 0) is 11.3 Å². The monoisotopic (exact) mass is 224 g/mol. The van der Waals surface area contributed by atoms with Crippen LogP contribution in [0.25, 0.3) is 0 Å². The minimum atomic E-state index is -1.26. The molecule has 1 aromatic carbocycles. The summed E-state index contributed by atoms with van der Waals surface area (Å²) in [5, 5.41) is 17.8. The molecule has 1 rings (SSSR count). The molecule has 0 atom stereocenters. The Bertz CT molecular complexity index is 411. The van der Waals surface area contributed by atoms with E-state index in [1.165, 1.54) is 12.1 Å². The third-order valence-electron chi connectivity index (χ3n) is 2.06. The number of benzene rings is 1. The summed E-state index contributed by atoms with van der Waals surface area (Å²) in [5.41, 5.74) is -0.0533. The van der Waals surface area contributed by atoms with Gasteiger partial charge in [0.25, 0.3) is 0 Å². The molecule has 0 heterocycles. The van der Waals surface area contributed by atoms with Crippen molar-refractivity contribution in [3.05, 3.63) is 34.9 Å². The maximum Gasteiger partial charge on any atom is 0.336 e. The lowest BCUT2D eigenvalue weighted by Gasteiger charge is -2.08. The molecule has 0 unspecified atom stereocenters. The fourth-order valence-corrected chi connectivity index (χ4v) is 1.36. The Morgan fingerprint density at radius 2 is 1.94 bits per heavy atom. The zero-order valence-electron chi connectivity index (χ0n) is 8.77. The summed E-state index contributed by atoms with van der Waals surface area (Å²) in [6, 6.07) is 4.32. The lowest BCUT2D eigenvalue weighted by Crippen LogP contribution is -2.12. The first-order chi connectivity index (χ1) is 7.57. The third-order valence-corrected chi connectivity index (χ3v) is 2.06. The topological polar surface area (TPSA) is 83.8 Å². The van der Waals surface area contributed by atoms with Crippen LogP contribution >= 0.6 is 0 Å². The molecule has 16 heavy (non-hydrogen) atoms. The number of hydrogen-bond acceptors (Lipinski definition) is 3. The van der Waals surface area contributed by atoms with Gasteiger partial charge in [-0.15, -0.1) is 0 Å². The molecule has 0 aliphatic rings. The summed E-state index contributed by atoms with van der Waals surface area (Å²) in [7, 11) is 0. The smallest absolute Gasteiger partial charge is 0.336 e. The van der Waals surface area contributed by atoms with Crippen molar-refractivity contribution in [3.63, 3.8) is 0 Å². The highest BCUT2D eigenvalue weighted by Gasteiger charge is 2.19. The van der Waals surface area contributed by atoms with E-state index in [0.29, 0.717) is 12.2 Å². The highest BCUT2D eigenvalue weighted by atomic mass is 16.5. The summed E-state index contributed by atoms with van der Waals surface area (Å²) < 4.78 is 5.09. The Labute approximate surface area is 92.3 Å². The van der Waals surface area contributed by atoms with Crippen molar-refractivity contribution < 1.29 is 24.5 Å². The maximum absolute atomic E-state index is 11.0. The Kier molecular flexibility index (Phi) is 4.02. The van der Waals surface area contributed by atoms with Gasteiger partial charge < -0.3 is 14.9 Å². The van der Waals surface area contributed by atoms with E-state index in [1.54, 1.807) is 13.0 Å². The summed E-state index contributed by atoms with van der Waals surface area (Å²) in [6.07, 6.45) is 0. The molecule has 0 saturated carbocycles. The van der Waals surface area contributed by atoms with Gasteiger partial charge in [-0.25, -0.2) is 9.59 Å². The van der Waals surface area contributed by atoms with Crippen LogP contribution in [0, 0.1) is 0 Å². The molecule has 5 heteroatoms. The Morgan fingerprint density at radius 3 is 2.44 bits per heavy atom. The van der Waals surface area contributed by atoms with Crippen LogP contribution in [-0.4, -0.2) is 28.8 Å². The van der Waals surface area contributed by atoms with Gasteiger partial charge in [-0.1, -0.05) is 12.1 Å². The third kappa shape index (κ3) is 2.58. The normalized spacial score (nSPS) is 10.1. The van der Waals surface area contributed by atoms with Crippen molar-refractivity contribution in [3.8, 4) is 0 Å². The molecule has 0 aliphatic heterocycles. The minimum absolute atomic E-state index is 0.0965. The van der Waals surface area contributed by atoms with E-state index >= 15 is 0 Å². The Hall–Kier alpha value is -1.88. The standard InChI is InChI=1S/C11H12O5/c1-2-16-6-7-4-3-5-8(10(12)13)9(7)11(14)15/h3-5H,2,6H2,1H3,(H,12,13)(H,14,15). The SMILES string of the molecule is CCOCc1cccc(C(=O)O)c1C(=O)O. The number of hydrogen-bond donors (Lipinski definition) is 2. The van der Waals surface area contributed by atoms with Crippen molar-refractivity contribution in [2.45, 2.75) is 13.5 Å². The molecule has 2 N–H and O–H groups in total. The van der Waals surface area contributed by atoms with E-state index < -0.39 is 11.9 Å². The first-order valence-corrected chi connectivity index (χ1v) is 4.74.